The molecule has 1 atom stereocenters. The first-order valence-corrected chi connectivity index (χ1v) is 4.41. The zero-order valence-electron chi connectivity index (χ0n) is 8.60. The van der Waals surface area contributed by atoms with Crippen LogP contribution in [0.15, 0.2) is 17.3 Å². The average molecular weight is 183 g/mol. The Balaban J connectivity index is 2.73. The molecule has 0 amide bonds. The zero-order chi connectivity index (χ0) is 10.0. The number of likely N-dealkylation sites (N-methyl/N-ethyl adjacent to an activating group) is 1. The summed E-state index contributed by atoms with van der Waals surface area (Å²) in [6.07, 6.45) is 3.02. The van der Waals surface area contributed by atoms with Gasteiger partial charge in [-0.25, -0.2) is 4.99 Å². The second-order valence-corrected chi connectivity index (χ2v) is 3.58. The summed E-state index contributed by atoms with van der Waals surface area (Å²) >= 11 is 0. The third-order valence-corrected chi connectivity index (χ3v) is 1.96. The van der Waals surface area contributed by atoms with Gasteiger partial charge in [0.05, 0.1) is 0 Å². The fraction of sp³-hybridized carbons (Fsp3) is 0.667. The Morgan fingerprint density at radius 2 is 2.15 bits per heavy atom. The second kappa shape index (κ2) is 3.79. The number of aliphatic hydroxyl groups is 1. The molecule has 0 aromatic rings. The van der Waals surface area contributed by atoms with Gasteiger partial charge in [0.15, 0.2) is 0 Å². The Morgan fingerprint density at radius 3 is 2.54 bits per heavy atom. The molecule has 0 spiro atoms. The van der Waals surface area contributed by atoms with Crippen molar-refractivity contribution in [1.82, 2.24) is 9.80 Å². The molecule has 13 heavy (non-hydrogen) atoms. The summed E-state index contributed by atoms with van der Waals surface area (Å²) in [7, 11) is 3.81. The van der Waals surface area contributed by atoms with E-state index in [0.29, 0.717) is 0 Å². The van der Waals surface area contributed by atoms with Crippen LogP contribution in [-0.2, 0) is 0 Å². The lowest BCUT2D eigenvalue weighted by molar-refractivity contribution is 0.0240. The van der Waals surface area contributed by atoms with E-state index in [1.807, 2.05) is 45.1 Å². The zero-order valence-corrected chi connectivity index (χ0v) is 8.60. The Hall–Kier alpha value is -1.03. The molecule has 1 rings (SSSR count). The molecular weight excluding hydrogens is 166 g/mol. The first kappa shape index (κ1) is 10.1. The molecule has 1 heterocycles. The van der Waals surface area contributed by atoms with Gasteiger partial charge in [0.2, 0.25) is 6.35 Å². The van der Waals surface area contributed by atoms with Crippen molar-refractivity contribution < 1.29 is 5.11 Å². The van der Waals surface area contributed by atoms with Gasteiger partial charge < -0.3 is 14.9 Å². The van der Waals surface area contributed by atoms with E-state index >= 15 is 0 Å². The maximum Gasteiger partial charge on any atom is 0.227 e. The fourth-order valence-corrected chi connectivity index (χ4v) is 1.16. The van der Waals surface area contributed by atoms with Crippen LogP contribution in [0.3, 0.4) is 0 Å². The molecule has 74 valence electrons. The van der Waals surface area contributed by atoms with Crippen molar-refractivity contribution in [3.8, 4) is 0 Å². The highest BCUT2D eigenvalue weighted by Gasteiger charge is 2.18. The summed E-state index contributed by atoms with van der Waals surface area (Å²) in [4.78, 5) is 7.79. The maximum atomic E-state index is 9.62. The Kier molecular flexibility index (Phi) is 2.93. The predicted octanol–water partition coefficient (Wildman–Crippen LogP) is 0.460. The van der Waals surface area contributed by atoms with E-state index in [4.69, 9.17) is 0 Å². The smallest absolute Gasteiger partial charge is 0.227 e. The van der Waals surface area contributed by atoms with Crippen LogP contribution in [-0.4, -0.2) is 47.2 Å². The van der Waals surface area contributed by atoms with Gasteiger partial charge in [0.25, 0.3) is 0 Å². The molecular formula is C9H17N3O. The molecule has 0 saturated heterocycles. The van der Waals surface area contributed by atoms with Crippen molar-refractivity contribution in [3.63, 3.8) is 0 Å². The highest BCUT2D eigenvalue weighted by atomic mass is 16.3. The van der Waals surface area contributed by atoms with Crippen LogP contribution >= 0.6 is 0 Å². The number of aliphatic hydroxyl groups excluding tert-OH is 1. The molecule has 1 aliphatic rings. The molecule has 4 nitrogen and oxygen atoms in total. The number of hydrogen-bond donors (Lipinski definition) is 1. The van der Waals surface area contributed by atoms with Crippen LogP contribution in [0, 0.1) is 0 Å². The summed E-state index contributed by atoms with van der Waals surface area (Å²) in [6.45, 7) is 4.04. The molecule has 0 saturated carbocycles. The molecule has 1 aliphatic heterocycles. The number of aliphatic imine (C=N–C) groups is 1. The Labute approximate surface area is 79.2 Å². The van der Waals surface area contributed by atoms with E-state index in [0.717, 1.165) is 5.84 Å². The lowest BCUT2D eigenvalue weighted by Crippen LogP contribution is -2.39. The SMILES string of the molecule is CC(C)N1C=CC(N(C)C)=NC1O. The van der Waals surface area contributed by atoms with Gasteiger partial charge >= 0.3 is 0 Å². The number of rotatable bonds is 1. The third-order valence-electron chi connectivity index (χ3n) is 1.96. The van der Waals surface area contributed by atoms with Crippen LogP contribution < -0.4 is 0 Å². The normalized spacial score (nSPS) is 22.2. The van der Waals surface area contributed by atoms with Crippen molar-refractivity contribution in [2.24, 2.45) is 4.99 Å². The molecule has 0 fully saturated rings. The van der Waals surface area contributed by atoms with E-state index in [1.165, 1.54) is 0 Å². The molecule has 0 aromatic heterocycles. The fourth-order valence-electron chi connectivity index (χ4n) is 1.16. The first-order valence-electron chi connectivity index (χ1n) is 4.41. The highest BCUT2D eigenvalue weighted by Crippen LogP contribution is 2.11. The molecule has 1 unspecified atom stereocenters. The lowest BCUT2D eigenvalue weighted by Gasteiger charge is -2.31. The standard InChI is InChI=1S/C9H17N3O/c1-7(2)12-6-5-8(11(3)4)10-9(12)13/h5-7,9,13H,1-4H3. The molecule has 0 bridgehead atoms. The minimum Gasteiger partial charge on any atom is -0.363 e. The van der Waals surface area contributed by atoms with Crippen LogP contribution in [0.5, 0.6) is 0 Å². The quantitative estimate of drug-likeness (QED) is 0.642. The number of amidine groups is 1. The van der Waals surface area contributed by atoms with Gasteiger partial charge in [-0.2, -0.15) is 0 Å². The van der Waals surface area contributed by atoms with Crippen molar-refractivity contribution >= 4 is 5.84 Å². The monoisotopic (exact) mass is 183 g/mol. The van der Waals surface area contributed by atoms with Crippen molar-refractivity contribution in [1.29, 1.82) is 0 Å². The molecule has 0 aromatic carbocycles. The first-order chi connectivity index (χ1) is 6.02. The van der Waals surface area contributed by atoms with Crippen LogP contribution in [0.25, 0.3) is 0 Å². The van der Waals surface area contributed by atoms with Crippen molar-refractivity contribution in [2.75, 3.05) is 14.1 Å². The van der Waals surface area contributed by atoms with Gasteiger partial charge in [0.1, 0.15) is 5.84 Å². The summed E-state index contributed by atoms with van der Waals surface area (Å²) in [5.74, 6) is 0.796. The van der Waals surface area contributed by atoms with Gasteiger partial charge in [-0.3, -0.25) is 0 Å². The van der Waals surface area contributed by atoms with Gasteiger partial charge in [0, 0.05) is 26.3 Å². The molecule has 0 radical (unpaired) electrons. The largest absolute Gasteiger partial charge is 0.363 e. The van der Waals surface area contributed by atoms with E-state index in [2.05, 4.69) is 4.99 Å². The van der Waals surface area contributed by atoms with E-state index in [9.17, 15) is 5.11 Å². The third kappa shape index (κ3) is 2.21. The highest BCUT2D eigenvalue weighted by molar-refractivity contribution is 5.93. The van der Waals surface area contributed by atoms with Crippen LogP contribution in [0.1, 0.15) is 13.8 Å². The molecule has 4 heteroatoms. The van der Waals surface area contributed by atoms with Crippen LogP contribution in [0.2, 0.25) is 0 Å². The summed E-state index contributed by atoms with van der Waals surface area (Å²) in [6, 6.07) is 0.263. The van der Waals surface area contributed by atoms with Crippen LogP contribution in [0.4, 0.5) is 0 Å². The predicted molar refractivity (Wildman–Crippen MR) is 53.2 cm³/mol. The minimum atomic E-state index is -0.748. The van der Waals surface area contributed by atoms with Crippen molar-refractivity contribution in [2.45, 2.75) is 26.2 Å². The van der Waals surface area contributed by atoms with E-state index < -0.39 is 6.35 Å². The summed E-state index contributed by atoms with van der Waals surface area (Å²) in [5.41, 5.74) is 0. The molecule has 0 aliphatic carbocycles. The van der Waals surface area contributed by atoms with E-state index in [1.54, 1.807) is 4.90 Å². The summed E-state index contributed by atoms with van der Waals surface area (Å²) < 4.78 is 0. The van der Waals surface area contributed by atoms with Gasteiger partial charge in [-0.05, 0) is 19.9 Å². The minimum absolute atomic E-state index is 0.263. The number of nitrogens with zero attached hydrogens (tertiary/aromatic N) is 3. The Bertz CT molecular complexity index is 233. The second-order valence-electron chi connectivity index (χ2n) is 3.58. The lowest BCUT2D eigenvalue weighted by atomic mass is 10.3. The topological polar surface area (TPSA) is 39.1 Å². The van der Waals surface area contributed by atoms with Crippen molar-refractivity contribution in [3.05, 3.63) is 12.3 Å². The van der Waals surface area contributed by atoms with Gasteiger partial charge in [-0.15, -0.1) is 0 Å². The molecule has 1 N–H and O–H groups in total. The summed E-state index contributed by atoms with van der Waals surface area (Å²) in [5, 5.41) is 9.62. The average Bonchev–Trinajstić information content (AvgIpc) is 2.03. The van der Waals surface area contributed by atoms with E-state index in [-0.39, 0.29) is 6.04 Å². The number of hydrogen-bond acceptors (Lipinski definition) is 4. The van der Waals surface area contributed by atoms with Gasteiger partial charge in [-0.1, -0.05) is 0 Å². The Morgan fingerprint density at radius 1 is 1.54 bits per heavy atom. The maximum absolute atomic E-state index is 9.62.